The Kier molecular flexibility index (Phi) is 5.06. The van der Waals surface area contributed by atoms with E-state index in [1.165, 1.54) is 4.90 Å². The van der Waals surface area contributed by atoms with Gasteiger partial charge < -0.3 is 15.2 Å². The summed E-state index contributed by atoms with van der Waals surface area (Å²) >= 11 is 0. The van der Waals surface area contributed by atoms with Gasteiger partial charge in [0.2, 0.25) is 0 Å². The minimum Gasteiger partial charge on any atom is -0.487 e. The summed E-state index contributed by atoms with van der Waals surface area (Å²) in [5, 5.41) is 13.4. The number of fused-ring (bicyclic) bond motifs is 1. The highest BCUT2D eigenvalue weighted by molar-refractivity contribution is 6.10. The highest BCUT2D eigenvalue weighted by Crippen LogP contribution is 2.54. The van der Waals surface area contributed by atoms with Gasteiger partial charge in [-0.1, -0.05) is 55.5 Å². The van der Waals surface area contributed by atoms with Crippen LogP contribution in [0.25, 0.3) is 10.9 Å². The number of carbonyl (C=O) groups excluding carboxylic acids is 2. The van der Waals surface area contributed by atoms with E-state index in [9.17, 15) is 14.7 Å². The normalized spacial score (nSPS) is 22.9. The fourth-order valence-corrected chi connectivity index (χ4v) is 4.51. The molecule has 0 bridgehead atoms. The number of para-hydroxylation sites is 1. The maximum atomic E-state index is 13.1. The first-order chi connectivity index (χ1) is 15.6. The topological polar surface area (TPSA) is 91.8 Å². The number of ether oxygens (including phenoxy) is 1. The second kappa shape index (κ2) is 7.91. The number of nitrogens with zero attached hydrogens (tertiary/aromatic N) is 2. The van der Waals surface area contributed by atoms with Gasteiger partial charge in [0.15, 0.2) is 0 Å². The molecule has 2 N–H and O–H groups in total. The van der Waals surface area contributed by atoms with Crippen LogP contribution >= 0.6 is 0 Å². The van der Waals surface area contributed by atoms with E-state index < -0.39 is 17.6 Å². The monoisotopic (exact) mass is 431 g/mol. The lowest BCUT2D eigenvalue weighted by Crippen LogP contribution is -2.43. The molecule has 32 heavy (non-hydrogen) atoms. The molecule has 1 aliphatic carbocycles. The van der Waals surface area contributed by atoms with E-state index in [0.717, 1.165) is 22.2 Å². The van der Waals surface area contributed by atoms with Crippen LogP contribution < -0.4 is 10.1 Å². The Morgan fingerprint density at radius 3 is 2.72 bits per heavy atom. The van der Waals surface area contributed by atoms with Crippen molar-refractivity contribution >= 4 is 22.8 Å². The summed E-state index contributed by atoms with van der Waals surface area (Å²) in [6.07, 6.45) is 1.01. The van der Waals surface area contributed by atoms with E-state index >= 15 is 0 Å². The van der Waals surface area contributed by atoms with E-state index in [4.69, 9.17) is 9.72 Å². The fraction of sp³-hybridized carbons (Fsp3) is 0.320. The average Bonchev–Trinajstić information content (AvgIpc) is 3.49. The molecule has 2 aliphatic rings. The van der Waals surface area contributed by atoms with Gasteiger partial charge in [-0.2, -0.15) is 0 Å². The second-order valence-corrected chi connectivity index (χ2v) is 8.42. The van der Waals surface area contributed by atoms with Crippen LogP contribution in [-0.4, -0.2) is 45.1 Å². The van der Waals surface area contributed by atoms with Crippen molar-refractivity contribution in [3.8, 4) is 5.75 Å². The Balaban J connectivity index is 1.41. The smallest absolute Gasteiger partial charge is 0.325 e. The van der Waals surface area contributed by atoms with Crippen LogP contribution in [-0.2, 0) is 11.4 Å². The summed E-state index contributed by atoms with van der Waals surface area (Å²) in [5.41, 5.74) is 1.59. The van der Waals surface area contributed by atoms with Crippen molar-refractivity contribution in [3.63, 3.8) is 0 Å². The lowest BCUT2D eigenvalue weighted by atomic mass is 10.1. The maximum Gasteiger partial charge on any atom is 0.325 e. The number of nitrogens with one attached hydrogen (secondary N) is 1. The molecule has 164 valence electrons. The molecule has 7 heteroatoms. The molecule has 1 saturated carbocycles. The molecule has 3 atom stereocenters. The molecule has 1 aliphatic heterocycles. The van der Waals surface area contributed by atoms with Crippen molar-refractivity contribution in [3.05, 3.63) is 71.9 Å². The van der Waals surface area contributed by atoms with Crippen LogP contribution in [0, 0.1) is 0 Å². The Hall–Kier alpha value is -3.45. The predicted octanol–water partition coefficient (Wildman–Crippen LogP) is 3.36. The van der Waals surface area contributed by atoms with Gasteiger partial charge in [-0.15, -0.1) is 0 Å². The first-order valence-electron chi connectivity index (χ1n) is 10.9. The average molecular weight is 431 g/mol. The molecule has 2 heterocycles. The zero-order valence-electron chi connectivity index (χ0n) is 17.8. The molecule has 1 saturated heterocycles. The third-order valence-electron chi connectivity index (χ3n) is 6.46. The summed E-state index contributed by atoms with van der Waals surface area (Å²) in [4.78, 5) is 31.6. The first-order valence-corrected chi connectivity index (χ1v) is 10.9. The summed E-state index contributed by atoms with van der Waals surface area (Å²) in [5.74, 6) is 0.202. The maximum absolute atomic E-state index is 13.1. The number of rotatable bonds is 7. The van der Waals surface area contributed by atoms with Gasteiger partial charge in [0, 0.05) is 17.0 Å². The van der Waals surface area contributed by atoms with Crippen LogP contribution in [0.2, 0.25) is 0 Å². The number of carbonyl (C=O) groups is 2. The fourth-order valence-electron chi connectivity index (χ4n) is 4.51. The number of aromatic nitrogens is 1. The molecule has 7 nitrogen and oxygen atoms in total. The lowest BCUT2D eigenvalue weighted by molar-refractivity contribution is -0.130. The molecular weight excluding hydrogens is 406 g/mol. The van der Waals surface area contributed by atoms with Crippen LogP contribution in [0.1, 0.15) is 36.9 Å². The number of hydrogen-bond acceptors (Lipinski definition) is 5. The van der Waals surface area contributed by atoms with Gasteiger partial charge >= 0.3 is 6.03 Å². The molecule has 3 unspecified atom stereocenters. The van der Waals surface area contributed by atoms with E-state index in [-0.39, 0.29) is 18.4 Å². The summed E-state index contributed by atoms with van der Waals surface area (Å²) in [6, 6.07) is 18.7. The summed E-state index contributed by atoms with van der Waals surface area (Å²) in [7, 11) is 0. The zero-order valence-corrected chi connectivity index (χ0v) is 17.8. The molecule has 1 aromatic heterocycles. The zero-order chi connectivity index (χ0) is 22.3. The predicted molar refractivity (Wildman–Crippen MR) is 119 cm³/mol. The number of hydrogen-bond donors (Lipinski definition) is 2. The van der Waals surface area contributed by atoms with Gasteiger partial charge in [-0.05, 0) is 30.5 Å². The van der Waals surface area contributed by atoms with Gasteiger partial charge in [-0.25, -0.2) is 9.78 Å². The third kappa shape index (κ3) is 3.29. The Labute approximate surface area is 186 Å². The SMILES string of the molecule is CCC(CO)N1C(=O)NC2(CC2c2ccc3cccc(OCc4ccccc4)c3n2)C1=O. The highest BCUT2D eigenvalue weighted by Gasteiger charge is 2.68. The van der Waals surface area contributed by atoms with Crippen LogP contribution in [0.4, 0.5) is 4.79 Å². The van der Waals surface area contributed by atoms with E-state index in [1.807, 2.05) is 67.6 Å². The third-order valence-corrected chi connectivity index (χ3v) is 6.46. The molecule has 2 aromatic carbocycles. The number of aliphatic hydroxyl groups is 1. The van der Waals surface area contributed by atoms with E-state index in [0.29, 0.717) is 25.2 Å². The van der Waals surface area contributed by atoms with Crippen molar-refractivity contribution in [2.45, 2.75) is 43.9 Å². The summed E-state index contributed by atoms with van der Waals surface area (Å²) < 4.78 is 6.06. The second-order valence-electron chi connectivity index (χ2n) is 8.42. The van der Waals surface area contributed by atoms with Crippen molar-refractivity contribution < 1.29 is 19.4 Å². The van der Waals surface area contributed by atoms with Crippen LogP contribution in [0.5, 0.6) is 5.75 Å². The number of amides is 3. The van der Waals surface area contributed by atoms with Gasteiger partial charge in [-0.3, -0.25) is 9.69 Å². The number of urea groups is 1. The molecule has 0 radical (unpaired) electrons. The molecule has 3 aromatic rings. The lowest BCUT2D eigenvalue weighted by Gasteiger charge is -2.22. The molecular formula is C25H25N3O4. The van der Waals surface area contributed by atoms with Crippen LogP contribution in [0.15, 0.2) is 60.7 Å². The first kappa shape index (κ1) is 20.5. The largest absolute Gasteiger partial charge is 0.487 e. The number of aliphatic hydroxyl groups excluding tert-OH is 1. The Morgan fingerprint density at radius 2 is 1.97 bits per heavy atom. The molecule has 2 fully saturated rings. The Bertz CT molecular complexity index is 1180. The number of benzene rings is 2. The molecule has 3 amide bonds. The van der Waals surface area contributed by atoms with Gasteiger partial charge in [0.1, 0.15) is 23.4 Å². The van der Waals surface area contributed by atoms with E-state index in [1.54, 1.807) is 0 Å². The molecule has 1 spiro atoms. The van der Waals surface area contributed by atoms with Crippen molar-refractivity contribution in [2.75, 3.05) is 6.61 Å². The quantitative estimate of drug-likeness (QED) is 0.560. The van der Waals surface area contributed by atoms with Crippen molar-refractivity contribution in [2.24, 2.45) is 0 Å². The number of pyridine rings is 1. The van der Waals surface area contributed by atoms with Gasteiger partial charge in [0.05, 0.1) is 12.6 Å². The Morgan fingerprint density at radius 1 is 1.16 bits per heavy atom. The van der Waals surface area contributed by atoms with Crippen LogP contribution in [0.3, 0.4) is 0 Å². The minimum absolute atomic E-state index is 0.202. The molecule has 5 rings (SSSR count). The minimum atomic E-state index is -0.958. The van der Waals surface area contributed by atoms with Crippen molar-refractivity contribution in [1.29, 1.82) is 0 Å². The number of imide groups is 1. The summed E-state index contributed by atoms with van der Waals surface area (Å²) in [6.45, 7) is 2.04. The van der Waals surface area contributed by atoms with Crippen molar-refractivity contribution in [1.82, 2.24) is 15.2 Å². The van der Waals surface area contributed by atoms with Gasteiger partial charge in [0.25, 0.3) is 5.91 Å². The highest BCUT2D eigenvalue weighted by atomic mass is 16.5. The van der Waals surface area contributed by atoms with E-state index in [2.05, 4.69) is 5.32 Å². The standard InChI is InChI=1S/C25H25N3O4/c1-2-18(14-29)28-23(30)25(27-24(28)31)13-19(25)20-12-11-17-9-6-10-21(22(17)26-20)32-15-16-7-4-3-5-8-16/h3-12,18-19,29H,2,13-15H2,1H3,(H,27,31).